The molecule has 3 heterocycles. The summed E-state index contributed by atoms with van der Waals surface area (Å²) >= 11 is 0. The second-order valence-corrected chi connectivity index (χ2v) is 11.9. The lowest BCUT2D eigenvalue weighted by Crippen LogP contribution is -2.01. The molecule has 10 rings (SSSR count). The summed E-state index contributed by atoms with van der Waals surface area (Å²) in [5.74, 6) is 1.75. The van der Waals surface area contributed by atoms with E-state index in [1.54, 1.807) is 6.20 Å². The summed E-state index contributed by atoms with van der Waals surface area (Å²) in [4.78, 5) is 20.1. The number of aromatic nitrogens is 4. The van der Waals surface area contributed by atoms with Crippen LogP contribution in [0.1, 0.15) is 0 Å². The summed E-state index contributed by atoms with van der Waals surface area (Å²) in [5.41, 5.74) is 4.16. The van der Waals surface area contributed by atoms with Crippen LogP contribution >= 0.6 is 0 Å². The number of benzene rings is 7. The first-order valence-corrected chi connectivity index (χ1v) is 15.6. The van der Waals surface area contributed by atoms with Crippen molar-refractivity contribution in [3.05, 3.63) is 146 Å². The van der Waals surface area contributed by atoms with Crippen LogP contribution < -0.4 is 0 Å². The molecule has 0 aliphatic heterocycles. The van der Waals surface area contributed by atoms with Gasteiger partial charge in [0.05, 0.1) is 6.20 Å². The van der Waals surface area contributed by atoms with Gasteiger partial charge in [-0.05, 0) is 61.3 Å². The van der Waals surface area contributed by atoms with Gasteiger partial charge in [-0.15, -0.1) is 0 Å². The molecule has 7 aromatic carbocycles. The molecule has 5 nitrogen and oxygen atoms in total. The first-order valence-electron chi connectivity index (χ1n) is 15.6. The molecule has 0 bridgehead atoms. The number of hydrogen-bond acceptors (Lipinski definition) is 5. The van der Waals surface area contributed by atoms with Gasteiger partial charge >= 0.3 is 0 Å². The van der Waals surface area contributed by atoms with Crippen LogP contribution in [0, 0.1) is 0 Å². The van der Waals surface area contributed by atoms with Crippen LogP contribution in [0.4, 0.5) is 0 Å². The van der Waals surface area contributed by atoms with Crippen molar-refractivity contribution >= 4 is 65.0 Å². The van der Waals surface area contributed by atoms with Gasteiger partial charge in [-0.3, -0.25) is 4.98 Å². The van der Waals surface area contributed by atoms with Gasteiger partial charge in [-0.2, -0.15) is 0 Å². The third kappa shape index (κ3) is 4.03. The first-order chi connectivity index (χ1) is 23.3. The average molecular weight is 601 g/mol. The van der Waals surface area contributed by atoms with E-state index in [2.05, 4.69) is 120 Å². The molecule has 0 aliphatic rings. The molecule has 5 heteroatoms. The average Bonchev–Trinajstić information content (AvgIpc) is 3.53. The Bertz CT molecular complexity index is 2870. The molecule has 0 atom stereocenters. The molecule has 0 unspecified atom stereocenters. The van der Waals surface area contributed by atoms with Crippen molar-refractivity contribution in [1.82, 2.24) is 19.9 Å². The lowest BCUT2D eigenvalue weighted by Gasteiger charge is -2.14. The Morgan fingerprint density at radius 3 is 1.89 bits per heavy atom. The molecular weight excluding hydrogens is 576 g/mol. The SMILES string of the molecule is c1ccc2cc(-c3nc(-c4cc5c6ccccc6ccc5c5ccccc45)nc(-c4cncc5oc6ccccc6c45)n3)ccc2c1. The molecule has 0 amide bonds. The van der Waals surface area contributed by atoms with Gasteiger partial charge in [0.25, 0.3) is 0 Å². The standard InChI is InChI=1S/C42H24N4O/c1-2-11-27-21-28(18-17-25(27)9-1)40-44-41(46-42(45-40)36-23-43-24-38-39(36)33-15-7-8-16-37(33)47-38)35-22-34-29-12-4-3-10-26(29)19-20-32(34)30-13-5-6-14-31(30)35/h1-24H. The predicted octanol–water partition coefficient (Wildman–Crippen LogP) is 10.8. The van der Waals surface area contributed by atoms with E-state index in [9.17, 15) is 0 Å². The summed E-state index contributed by atoms with van der Waals surface area (Å²) in [6, 6.07) is 46.4. The molecule has 0 aliphatic carbocycles. The minimum atomic E-state index is 0.546. The Labute approximate surface area is 268 Å². The maximum absolute atomic E-state index is 6.21. The Kier molecular flexibility index (Phi) is 5.51. The first kappa shape index (κ1) is 25.8. The molecular formula is C42H24N4O. The fraction of sp³-hybridized carbons (Fsp3) is 0. The van der Waals surface area contributed by atoms with E-state index in [1.165, 1.54) is 16.2 Å². The van der Waals surface area contributed by atoms with Crippen molar-refractivity contribution in [2.24, 2.45) is 0 Å². The lowest BCUT2D eigenvalue weighted by atomic mass is 9.93. The van der Waals surface area contributed by atoms with E-state index < -0.39 is 0 Å². The maximum atomic E-state index is 6.21. The maximum Gasteiger partial charge on any atom is 0.166 e. The van der Waals surface area contributed by atoms with E-state index in [0.717, 1.165) is 60.0 Å². The molecule has 47 heavy (non-hydrogen) atoms. The molecule has 0 radical (unpaired) electrons. The minimum absolute atomic E-state index is 0.546. The summed E-state index contributed by atoms with van der Waals surface area (Å²) in [7, 11) is 0. The minimum Gasteiger partial charge on any atom is -0.454 e. The Balaban J connectivity index is 1.31. The fourth-order valence-corrected chi connectivity index (χ4v) is 6.97. The van der Waals surface area contributed by atoms with Gasteiger partial charge in [0.15, 0.2) is 23.1 Å². The van der Waals surface area contributed by atoms with Crippen molar-refractivity contribution in [1.29, 1.82) is 0 Å². The monoisotopic (exact) mass is 600 g/mol. The zero-order valence-electron chi connectivity index (χ0n) is 25.1. The number of nitrogens with zero attached hydrogens (tertiary/aromatic N) is 4. The number of furan rings is 1. The van der Waals surface area contributed by atoms with Crippen LogP contribution in [0.5, 0.6) is 0 Å². The van der Waals surface area contributed by atoms with Gasteiger partial charge in [0.1, 0.15) is 5.58 Å². The topological polar surface area (TPSA) is 64.7 Å². The van der Waals surface area contributed by atoms with Gasteiger partial charge in [0, 0.05) is 33.7 Å². The van der Waals surface area contributed by atoms with E-state index in [1.807, 2.05) is 24.4 Å². The van der Waals surface area contributed by atoms with Gasteiger partial charge in [-0.25, -0.2) is 15.0 Å². The Hall–Kier alpha value is -6.46. The summed E-state index contributed by atoms with van der Waals surface area (Å²) in [6.07, 6.45) is 3.59. The highest BCUT2D eigenvalue weighted by atomic mass is 16.3. The van der Waals surface area contributed by atoms with Crippen LogP contribution in [0.25, 0.3) is 99.2 Å². The van der Waals surface area contributed by atoms with E-state index in [0.29, 0.717) is 23.1 Å². The third-order valence-corrected chi connectivity index (χ3v) is 9.18. The number of pyridine rings is 1. The van der Waals surface area contributed by atoms with E-state index in [4.69, 9.17) is 19.4 Å². The van der Waals surface area contributed by atoms with Crippen molar-refractivity contribution in [3.8, 4) is 34.2 Å². The summed E-state index contributed by atoms with van der Waals surface area (Å²) in [5, 5.41) is 11.2. The zero-order chi connectivity index (χ0) is 30.9. The number of fused-ring (bicyclic) bond motifs is 9. The highest BCUT2D eigenvalue weighted by Gasteiger charge is 2.20. The van der Waals surface area contributed by atoms with Crippen molar-refractivity contribution < 1.29 is 4.42 Å². The van der Waals surface area contributed by atoms with Crippen molar-refractivity contribution in [3.63, 3.8) is 0 Å². The number of para-hydroxylation sites is 1. The predicted molar refractivity (Wildman–Crippen MR) is 191 cm³/mol. The molecule has 10 aromatic rings. The quantitative estimate of drug-likeness (QED) is 0.189. The van der Waals surface area contributed by atoms with Crippen LogP contribution in [0.15, 0.2) is 150 Å². The summed E-state index contributed by atoms with van der Waals surface area (Å²) < 4.78 is 6.21. The molecule has 0 N–H and O–H groups in total. The lowest BCUT2D eigenvalue weighted by molar-refractivity contribution is 0.667. The largest absolute Gasteiger partial charge is 0.454 e. The summed E-state index contributed by atoms with van der Waals surface area (Å²) in [6.45, 7) is 0. The zero-order valence-corrected chi connectivity index (χ0v) is 25.1. The molecule has 0 fully saturated rings. The van der Waals surface area contributed by atoms with Crippen LogP contribution in [0.3, 0.4) is 0 Å². The Morgan fingerprint density at radius 1 is 0.383 bits per heavy atom. The normalized spacial score (nSPS) is 11.8. The smallest absolute Gasteiger partial charge is 0.166 e. The Morgan fingerprint density at radius 2 is 1.02 bits per heavy atom. The number of rotatable bonds is 3. The van der Waals surface area contributed by atoms with Gasteiger partial charge in [-0.1, -0.05) is 115 Å². The molecule has 0 saturated carbocycles. The second kappa shape index (κ2) is 10.0. The van der Waals surface area contributed by atoms with Crippen LogP contribution in [0.2, 0.25) is 0 Å². The van der Waals surface area contributed by atoms with Crippen molar-refractivity contribution in [2.75, 3.05) is 0 Å². The fourth-order valence-electron chi connectivity index (χ4n) is 6.97. The third-order valence-electron chi connectivity index (χ3n) is 9.18. The highest BCUT2D eigenvalue weighted by molar-refractivity contribution is 6.20. The van der Waals surface area contributed by atoms with E-state index >= 15 is 0 Å². The molecule has 3 aromatic heterocycles. The van der Waals surface area contributed by atoms with Crippen molar-refractivity contribution in [2.45, 2.75) is 0 Å². The van der Waals surface area contributed by atoms with Crippen LogP contribution in [-0.2, 0) is 0 Å². The second-order valence-electron chi connectivity index (χ2n) is 11.9. The van der Waals surface area contributed by atoms with Crippen LogP contribution in [-0.4, -0.2) is 19.9 Å². The van der Waals surface area contributed by atoms with Gasteiger partial charge < -0.3 is 4.42 Å². The van der Waals surface area contributed by atoms with E-state index in [-0.39, 0.29) is 0 Å². The molecule has 0 spiro atoms. The highest BCUT2D eigenvalue weighted by Crippen LogP contribution is 2.39. The molecule has 218 valence electrons. The van der Waals surface area contributed by atoms with Gasteiger partial charge in [0.2, 0.25) is 0 Å². The molecule has 0 saturated heterocycles. The number of hydrogen-bond donors (Lipinski definition) is 0.